The van der Waals surface area contributed by atoms with Gasteiger partial charge in [-0.15, -0.1) is 0 Å². The molecule has 2 atom stereocenters. The Morgan fingerprint density at radius 2 is 1.86 bits per heavy atom. The van der Waals surface area contributed by atoms with Crippen molar-refractivity contribution >= 4 is 35.0 Å². The molecule has 1 aliphatic rings. The predicted molar refractivity (Wildman–Crippen MR) is 85.0 cm³/mol. The van der Waals surface area contributed by atoms with Crippen molar-refractivity contribution in [3.63, 3.8) is 0 Å². The molecule has 1 aliphatic carbocycles. The van der Waals surface area contributed by atoms with E-state index in [0.717, 1.165) is 11.1 Å². The van der Waals surface area contributed by atoms with E-state index in [4.69, 9.17) is 23.2 Å². The second kappa shape index (κ2) is 5.60. The van der Waals surface area contributed by atoms with Crippen LogP contribution in [0.3, 0.4) is 0 Å². The molecule has 0 spiro atoms. The largest absolute Gasteiger partial charge is 0.369 e. The molecule has 0 amide bonds. The van der Waals surface area contributed by atoms with Crippen molar-refractivity contribution in [3.8, 4) is 0 Å². The van der Waals surface area contributed by atoms with Crippen LogP contribution in [0.2, 0.25) is 5.02 Å². The van der Waals surface area contributed by atoms with Gasteiger partial charge in [-0.3, -0.25) is 0 Å². The molecule has 3 nitrogen and oxygen atoms in total. The molecular formula is C16H12Cl2N2O. The molecule has 0 fully saturated rings. The van der Waals surface area contributed by atoms with Gasteiger partial charge in [0.05, 0.1) is 5.69 Å². The van der Waals surface area contributed by atoms with Crippen LogP contribution in [0.15, 0.2) is 64.8 Å². The van der Waals surface area contributed by atoms with Crippen LogP contribution in [0.25, 0.3) is 6.08 Å². The first-order valence-electron chi connectivity index (χ1n) is 6.42. The molecule has 2 aromatic carbocycles. The molecule has 2 unspecified atom stereocenters. The normalized spacial score (nSPS) is 24.2. The van der Waals surface area contributed by atoms with Gasteiger partial charge in [-0.05, 0) is 41.5 Å². The summed E-state index contributed by atoms with van der Waals surface area (Å²) in [7, 11) is 0. The molecule has 0 aromatic heterocycles. The highest BCUT2D eigenvalue weighted by molar-refractivity contribution is 6.30. The van der Waals surface area contributed by atoms with Crippen LogP contribution in [-0.2, 0) is 0 Å². The van der Waals surface area contributed by atoms with Crippen LogP contribution in [-0.4, -0.2) is 10.2 Å². The van der Waals surface area contributed by atoms with Gasteiger partial charge in [-0.2, -0.15) is 10.2 Å². The van der Waals surface area contributed by atoms with E-state index in [2.05, 4.69) is 10.2 Å². The van der Waals surface area contributed by atoms with Gasteiger partial charge in [0.1, 0.15) is 6.04 Å². The zero-order valence-corrected chi connectivity index (χ0v) is 12.5. The first-order valence-corrected chi connectivity index (χ1v) is 7.18. The molecule has 0 saturated heterocycles. The monoisotopic (exact) mass is 318 g/mol. The number of rotatable bonds is 2. The zero-order chi connectivity index (χ0) is 14.9. The second-order valence-electron chi connectivity index (χ2n) is 4.79. The number of nitrogens with zero attached hydrogens (tertiary/aromatic N) is 2. The van der Waals surface area contributed by atoms with E-state index >= 15 is 0 Å². The predicted octanol–water partition coefficient (Wildman–Crippen LogP) is 5.12. The number of aliphatic hydroxyl groups is 1. The summed E-state index contributed by atoms with van der Waals surface area (Å²) >= 11 is 12.1. The molecule has 5 heteroatoms. The lowest BCUT2D eigenvalue weighted by Gasteiger charge is -2.29. The Labute approximate surface area is 132 Å². The van der Waals surface area contributed by atoms with Gasteiger partial charge in [0, 0.05) is 5.02 Å². The van der Waals surface area contributed by atoms with E-state index in [0.29, 0.717) is 10.7 Å². The lowest BCUT2D eigenvalue weighted by molar-refractivity contribution is 0.145. The fourth-order valence-electron chi connectivity index (χ4n) is 2.22. The van der Waals surface area contributed by atoms with Crippen molar-refractivity contribution in [2.45, 2.75) is 11.1 Å². The fourth-order valence-corrected chi connectivity index (χ4v) is 2.62. The minimum atomic E-state index is -1.60. The van der Waals surface area contributed by atoms with Gasteiger partial charge >= 0.3 is 0 Å². The van der Waals surface area contributed by atoms with Gasteiger partial charge in [0.25, 0.3) is 0 Å². The van der Waals surface area contributed by atoms with Gasteiger partial charge in [-0.1, -0.05) is 53.5 Å². The van der Waals surface area contributed by atoms with Crippen LogP contribution >= 0.6 is 23.2 Å². The average molecular weight is 319 g/mol. The lowest BCUT2D eigenvalue weighted by Crippen LogP contribution is -2.28. The van der Waals surface area contributed by atoms with Gasteiger partial charge in [-0.25, -0.2) is 0 Å². The molecular weight excluding hydrogens is 307 g/mol. The maximum absolute atomic E-state index is 10.3. The molecule has 2 aromatic rings. The summed E-state index contributed by atoms with van der Waals surface area (Å²) < 4.78 is 0. The van der Waals surface area contributed by atoms with Gasteiger partial charge < -0.3 is 5.11 Å². The summed E-state index contributed by atoms with van der Waals surface area (Å²) in [6, 6.07) is 14.0. The minimum Gasteiger partial charge on any atom is -0.369 e. The van der Waals surface area contributed by atoms with E-state index in [-0.39, 0.29) is 0 Å². The van der Waals surface area contributed by atoms with E-state index in [1.54, 1.807) is 12.1 Å². The van der Waals surface area contributed by atoms with Crippen LogP contribution in [0, 0.1) is 0 Å². The van der Waals surface area contributed by atoms with Crippen molar-refractivity contribution in [1.29, 1.82) is 0 Å². The Morgan fingerprint density at radius 1 is 1.10 bits per heavy atom. The van der Waals surface area contributed by atoms with E-state index in [1.807, 2.05) is 42.5 Å². The first kappa shape index (κ1) is 14.3. The smallest absolute Gasteiger partial charge is 0.186 e. The fraction of sp³-hybridized carbons (Fsp3) is 0.125. The van der Waals surface area contributed by atoms with Gasteiger partial charge in [0.15, 0.2) is 5.06 Å². The Hall–Kier alpha value is -1.68. The molecule has 0 saturated carbocycles. The third kappa shape index (κ3) is 3.00. The summed E-state index contributed by atoms with van der Waals surface area (Å²) in [6.07, 6.45) is 3.24. The van der Waals surface area contributed by atoms with Crippen molar-refractivity contribution in [3.05, 3.63) is 70.8 Å². The molecule has 0 radical (unpaired) electrons. The summed E-state index contributed by atoms with van der Waals surface area (Å²) in [5.74, 6) is 0. The highest BCUT2D eigenvalue weighted by Crippen LogP contribution is 2.42. The standard InChI is InChI=1S/C16H12Cl2N2O/c17-12-6-7-14-11(10-12)8-9-16(18,21)15(14)20-19-13-4-2-1-3-5-13/h1-10,15,21H. The van der Waals surface area contributed by atoms with Crippen molar-refractivity contribution in [1.82, 2.24) is 0 Å². The van der Waals surface area contributed by atoms with Crippen molar-refractivity contribution < 1.29 is 5.11 Å². The molecule has 106 valence electrons. The highest BCUT2D eigenvalue weighted by Gasteiger charge is 2.37. The number of azo groups is 1. The number of hydrogen-bond acceptors (Lipinski definition) is 3. The molecule has 1 N–H and O–H groups in total. The zero-order valence-electron chi connectivity index (χ0n) is 10.9. The third-order valence-electron chi connectivity index (χ3n) is 3.27. The van der Waals surface area contributed by atoms with E-state index < -0.39 is 11.1 Å². The molecule has 0 aliphatic heterocycles. The summed E-state index contributed by atoms with van der Waals surface area (Å²) in [6.45, 7) is 0. The Balaban J connectivity index is 2.00. The number of fused-ring (bicyclic) bond motifs is 1. The van der Waals surface area contributed by atoms with Crippen LogP contribution in [0.5, 0.6) is 0 Å². The summed E-state index contributed by atoms with van der Waals surface area (Å²) in [4.78, 5) is 0. The van der Waals surface area contributed by atoms with Crippen LogP contribution < -0.4 is 0 Å². The molecule has 0 heterocycles. The number of halogens is 2. The lowest BCUT2D eigenvalue weighted by atomic mass is 9.91. The molecule has 0 bridgehead atoms. The Morgan fingerprint density at radius 3 is 2.62 bits per heavy atom. The van der Waals surface area contributed by atoms with E-state index in [9.17, 15) is 5.11 Å². The summed E-state index contributed by atoms with van der Waals surface area (Å²) in [5.41, 5.74) is 2.37. The maximum Gasteiger partial charge on any atom is 0.186 e. The Kier molecular flexibility index (Phi) is 3.81. The SMILES string of the molecule is OC1(Cl)C=Cc2cc(Cl)ccc2C1N=Nc1ccccc1. The molecule has 21 heavy (non-hydrogen) atoms. The molecule has 3 rings (SSSR count). The number of alkyl halides is 1. The van der Waals surface area contributed by atoms with Crippen molar-refractivity contribution in [2.24, 2.45) is 10.2 Å². The van der Waals surface area contributed by atoms with Gasteiger partial charge in [0.2, 0.25) is 0 Å². The average Bonchev–Trinajstić information content (AvgIpc) is 2.47. The van der Waals surface area contributed by atoms with Crippen LogP contribution in [0.1, 0.15) is 17.2 Å². The number of hydrogen-bond donors (Lipinski definition) is 1. The topological polar surface area (TPSA) is 45.0 Å². The van der Waals surface area contributed by atoms with Crippen molar-refractivity contribution in [2.75, 3.05) is 0 Å². The van der Waals surface area contributed by atoms with E-state index in [1.165, 1.54) is 6.08 Å². The number of benzene rings is 2. The second-order valence-corrected chi connectivity index (χ2v) is 5.83. The quantitative estimate of drug-likeness (QED) is 0.606. The summed E-state index contributed by atoms with van der Waals surface area (Å²) in [5, 5.41) is 17.7. The maximum atomic E-state index is 10.3. The highest BCUT2D eigenvalue weighted by atomic mass is 35.5. The minimum absolute atomic E-state index is 0.622. The van der Waals surface area contributed by atoms with Crippen LogP contribution in [0.4, 0.5) is 5.69 Å². The first-order chi connectivity index (χ1) is 10.1. The third-order valence-corrected chi connectivity index (χ3v) is 3.84. The Bertz CT molecular complexity index is 711.